The lowest BCUT2D eigenvalue weighted by molar-refractivity contribution is -0.130. The van der Waals surface area contributed by atoms with Crippen molar-refractivity contribution in [2.45, 2.75) is 18.6 Å². The summed E-state index contributed by atoms with van der Waals surface area (Å²) in [5, 5.41) is 13.1. The Balaban J connectivity index is 1.93. The molecule has 2 amide bonds. The van der Waals surface area contributed by atoms with Gasteiger partial charge in [-0.2, -0.15) is 0 Å². The molecule has 1 aromatic rings. The van der Waals surface area contributed by atoms with Gasteiger partial charge in [0.25, 0.3) is 5.91 Å². The predicted octanol–water partition coefficient (Wildman–Crippen LogP) is -0.657. The molecule has 1 aromatic heterocycles. The van der Waals surface area contributed by atoms with Crippen molar-refractivity contribution in [2.75, 3.05) is 40.8 Å². The molecule has 0 spiro atoms. The van der Waals surface area contributed by atoms with E-state index in [1.165, 1.54) is 12.0 Å². The van der Waals surface area contributed by atoms with E-state index in [-0.39, 0.29) is 30.3 Å². The van der Waals surface area contributed by atoms with Gasteiger partial charge < -0.3 is 20.1 Å². The molecule has 1 aliphatic heterocycles. The number of nitrogens with one attached hydrogen (secondary N) is 1. The van der Waals surface area contributed by atoms with Gasteiger partial charge in [0.15, 0.2) is 0 Å². The Bertz CT molecular complexity index is 593. The minimum Gasteiger partial charge on any atom is -0.480 e. The SMILES string of the molecule is COc1ncccc1C(=O)N[C@@H]1CCN(CC(=O)N(C)C)C[C@H]1O. The van der Waals surface area contributed by atoms with E-state index in [1.54, 1.807) is 32.4 Å². The fourth-order valence-electron chi connectivity index (χ4n) is 2.61. The van der Waals surface area contributed by atoms with Crippen molar-refractivity contribution in [3.05, 3.63) is 23.9 Å². The highest BCUT2D eigenvalue weighted by atomic mass is 16.5. The number of methoxy groups -OCH3 is 1. The summed E-state index contributed by atoms with van der Waals surface area (Å²) in [6, 6.07) is 2.91. The number of hydrogen-bond acceptors (Lipinski definition) is 6. The third-order valence-electron chi connectivity index (χ3n) is 4.05. The van der Waals surface area contributed by atoms with Crippen molar-refractivity contribution in [3.63, 3.8) is 0 Å². The molecule has 1 saturated heterocycles. The van der Waals surface area contributed by atoms with Gasteiger partial charge in [-0.1, -0.05) is 0 Å². The number of β-amino-alcohol motifs (C(OH)–C–C–N with tert-alkyl or cyclic N) is 1. The first-order chi connectivity index (χ1) is 11.4. The maximum atomic E-state index is 12.4. The van der Waals surface area contributed by atoms with Crippen LogP contribution in [0.2, 0.25) is 0 Å². The summed E-state index contributed by atoms with van der Waals surface area (Å²) in [6.45, 7) is 1.24. The van der Waals surface area contributed by atoms with Crippen molar-refractivity contribution in [3.8, 4) is 5.88 Å². The van der Waals surface area contributed by atoms with E-state index in [4.69, 9.17) is 4.74 Å². The number of aliphatic hydroxyl groups excluding tert-OH is 1. The van der Waals surface area contributed by atoms with Crippen LogP contribution in [-0.4, -0.2) is 84.7 Å². The van der Waals surface area contributed by atoms with Crippen LogP contribution in [0.15, 0.2) is 18.3 Å². The van der Waals surface area contributed by atoms with E-state index in [9.17, 15) is 14.7 Å². The van der Waals surface area contributed by atoms with Gasteiger partial charge >= 0.3 is 0 Å². The van der Waals surface area contributed by atoms with E-state index in [1.807, 2.05) is 4.90 Å². The molecule has 0 aromatic carbocycles. The number of likely N-dealkylation sites (tertiary alicyclic amines) is 1. The maximum absolute atomic E-state index is 12.4. The van der Waals surface area contributed by atoms with Crippen LogP contribution in [0.3, 0.4) is 0 Å². The van der Waals surface area contributed by atoms with Gasteiger partial charge in [-0.3, -0.25) is 14.5 Å². The number of carbonyl (C=O) groups excluding carboxylic acids is 2. The summed E-state index contributed by atoms with van der Waals surface area (Å²) in [4.78, 5) is 31.5. The summed E-state index contributed by atoms with van der Waals surface area (Å²) in [7, 11) is 4.86. The zero-order valence-corrected chi connectivity index (χ0v) is 14.2. The quantitative estimate of drug-likeness (QED) is 0.741. The largest absolute Gasteiger partial charge is 0.480 e. The number of nitrogens with zero attached hydrogens (tertiary/aromatic N) is 3. The molecule has 8 nitrogen and oxygen atoms in total. The minimum absolute atomic E-state index is 0.00946. The predicted molar refractivity (Wildman–Crippen MR) is 87.8 cm³/mol. The maximum Gasteiger partial charge on any atom is 0.257 e. The number of ether oxygens (including phenoxy) is 1. The molecule has 2 N–H and O–H groups in total. The second-order valence-electron chi connectivity index (χ2n) is 6.02. The van der Waals surface area contributed by atoms with Crippen LogP contribution < -0.4 is 10.1 Å². The lowest BCUT2D eigenvalue weighted by Crippen LogP contribution is -2.55. The van der Waals surface area contributed by atoms with Gasteiger partial charge in [-0.25, -0.2) is 4.98 Å². The highest BCUT2D eigenvalue weighted by Gasteiger charge is 2.30. The van der Waals surface area contributed by atoms with Gasteiger partial charge in [0.1, 0.15) is 5.56 Å². The van der Waals surface area contributed by atoms with Crippen molar-refractivity contribution >= 4 is 11.8 Å². The third kappa shape index (κ3) is 4.42. The normalized spacial score (nSPS) is 21.2. The smallest absolute Gasteiger partial charge is 0.257 e. The van der Waals surface area contributed by atoms with E-state index in [0.29, 0.717) is 25.1 Å². The number of hydrogen-bond donors (Lipinski definition) is 2. The average molecular weight is 336 g/mol. The summed E-state index contributed by atoms with van der Waals surface area (Å²) < 4.78 is 5.08. The standard InChI is InChI=1S/C16H24N4O4/c1-19(2)14(22)10-20-8-6-12(13(21)9-20)18-15(23)11-5-4-7-17-16(11)24-3/h4-5,7,12-13,21H,6,8-10H2,1-3H3,(H,18,23)/t12-,13-/m1/s1. The van der Waals surface area contributed by atoms with Gasteiger partial charge in [0, 0.05) is 33.4 Å². The molecule has 24 heavy (non-hydrogen) atoms. The van der Waals surface area contributed by atoms with Crippen LogP contribution in [0.25, 0.3) is 0 Å². The van der Waals surface area contributed by atoms with Crippen LogP contribution in [-0.2, 0) is 4.79 Å². The average Bonchev–Trinajstić information content (AvgIpc) is 2.57. The van der Waals surface area contributed by atoms with Crippen LogP contribution in [0, 0.1) is 0 Å². The summed E-state index contributed by atoms with van der Waals surface area (Å²) in [5.41, 5.74) is 0.331. The highest BCUT2D eigenvalue weighted by molar-refractivity contribution is 5.96. The van der Waals surface area contributed by atoms with Crippen LogP contribution in [0.5, 0.6) is 5.88 Å². The Hall–Kier alpha value is -2.19. The molecule has 1 aliphatic rings. The molecule has 2 atom stereocenters. The van der Waals surface area contributed by atoms with Gasteiger partial charge in [0.2, 0.25) is 11.8 Å². The van der Waals surface area contributed by atoms with Crippen molar-refractivity contribution < 1.29 is 19.4 Å². The number of aliphatic hydroxyl groups is 1. The van der Waals surface area contributed by atoms with E-state index >= 15 is 0 Å². The Labute approximate surface area is 141 Å². The van der Waals surface area contributed by atoms with Crippen molar-refractivity contribution in [1.82, 2.24) is 20.1 Å². The molecule has 0 saturated carbocycles. The number of carbonyl (C=O) groups is 2. The molecule has 0 bridgehead atoms. The molecule has 8 heteroatoms. The summed E-state index contributed by atoms with van der Waals surface area (Å²) >= 11 is 0. The first-order valence-corrected chi connectivity index (χ1v) is 7.82. The second-order valence-corrected chi connectivity index (χ2v) is 6.02. The number of aromatic nitrogens is 1. The molecule has 0 radical (unpaired) electrons. The van der Waals surface area contributed by atoms with Crippen molar-refractivity contribution in [1.29, 1.82) is 0 Å². The van der Waals surface area contributed by atoms with Crippen LogP contribution in [0.4, 0.5) is 0 Å². The highest BCUT2D eigenvalue weighted by Crippen LogP contribution is 2.16. The Morgan fingerprint density at radius 1 is 1.50 bits per heavy atom. The lowest BCUT2D eigenvalue weighted by atomic mass is 10.0. The second kappa shape index (κ2) is 8.07. The van der Waals surface area contributed by atoms with Crippen LogP contribution >= 0.6 is 0 Å². The van der Waals surface area contributed by atoms with Crippen molar-refractivity contribution in [2.24, 2.45) is 0 Å². The zero-order valence-electron chi connectivity index (χ0n) is 14.2. The molecule has 0 unspecified atom stereocenters. The van der Waals surface area contributed by atoms with Crippen LogP contribution in [0.1, 0.15) is 16.8 Å². The molecular formula is C16H24N4O4. The number of rotatable bonds is 5. The van der Waals surface area contributed by atoms with E-state index in [2.05, 4.69) is 10.3 Å². The molecule has 2 heterocycles. The van der Waals surface area contributed by atoms with E-state index < -0.39 is 6.10 Å². The monoisotopic (exact) mass is 336 g/mol. The molecule has 1 fully saturated rings. The lowest BCUT2D eigenvalue weighted by Gasteiger charge is -2.36. The Morgan fingerprint density at radius 2 is 2.25 bits per heavy atom. The zero-order chi connectivity index (χ0) is 17.7. The topological polar surface area (TPSA) is 95.0 Å². The summed E-state index contributed by atoms with van der Waals surface area (Å²) in [5.74, 6) is -0.0925. The third-order valence-corrected chi connectivity index (χ3v) is 4.05. The fourth-order valence-corrected chi connectivity index (χ4v) is 2.61. The number of likely N-dealkylation sites (N-methyl/N-ethyl adjacent to an activating group) is 1. The Morgan fingerprint density at radius 3 is 2.88 bits per heavy atom. The minimum atomic E-state index is -0.736. The first kappa shape index (κ1) is 18.2. The van der Waals surface area contributed by atoms with Gasteiger partial charge in [0.05, 0.1) is 25.8 Å². The molecule has 2 rings (SSSR count). The number of amides is 2. The number of piperidine rings is 1. The molecular weight excluding hydrogens is 312 g/mol. The molecule has 0 aliphatic carbocycles. The summed E-state index contributed by atoms with van der Waals surface area (Å²) in [6.07, 6.45) is 1.38. The van der Waals surface area contributed by atoms with Gasteiger partial charge in [-0.05, 0) is 18.6 Å². The Kier molecular flexibility index (Phi) is 6.10. The fraction of sp³-hybridized carbons (Fsp3) is 0.562. The molecule has 132 valence electrons. The first-order valence-electron chi connectivity index (χ1n) is 7.82. The van der Waals surface area contributed by atoms with Gasteiger partial charge in [-0.15, -0.1) is 0 Å². The number of pyridine rings is 1. The van der Waals surface area contributed by atoms with E-state index in [0.717, 1.165) is 0 Å².